The fraction of sp³-hybridized carbons (Fsp3) is 0.385. The van der Waals surface area contributed by atoms with E-state index in [9.17, 15) is 9.59 Å². The molecule has 1 aromatic rings. The molecule has 1 aliphatic heterocycles. The molecule has 2 rings (SSSR count). The van der Waals surface area contributed by atoms with Crippen LogP contribution >= 0.6 is 15.9 Å². The molecule has 1 heterocycles. The number of carbonyl (C=O) groups excluding carboxylic acids is 2. The summed E-state index contributed by atoms with van der Waals surface area (Å²) in [4.78, 5) is 25.9. The zero-order valence-electron chi connectivity index (χ0n) is 10.6. The van der Waals surface area contributed by atoms with Gasteiger partial charge in [0.15, 0.2) is 0 Å². The highest BCUT2D eigenvalue weighted by atomic mass is 79.9. The molecule has 6 heteroatoms. The third-order valence-corrected chi connectivity index (χ3v) is 3.73. The van der Waals surface area contributed by atoms with Crippen molar-refractivity contribution in [2.24, 2.45) is 0 Å². The summed E-state index contributed by atoms with van der Waals surface area (Å²) in [6.45, 7) is 1.10. The van der Waals surface area contributed by atoms with Crippen LogP contribution in [-0.4, -0.2) is 49.6 Å². The van der Waals surface area contributed by atoms with Crippen molar-refractivity contribution in [3.8, 4) is 0 Å². The Balaban J connectivity index is 2.25. The van der Waals surface area contributed by atoms with Crippen LogP contribution in [0.15, 0.2) is 28.7 Å². The monoisotopic (exact) mass is 326 g/mol. The summed E-state index contributed by atoms with van der Waals surface area (Å²) in [5.74, 6) is -0.371. The van der Waals surface area contributed by atoms with E-state index in [1.807, 2.05) is 12.1 Å². The largest absolute Gasteiger partial charge is 0.377 e. The summed E-state index contributed by atoms with van der Waals surface area (Å²) < 4.78 is 6.01. The first-order chi connectivity index (χ1) is 9.15. The molecule has 0 bridgehead atoms. The highest BCUT2D eigenvalue weighted by Crippen LogP contribution is 2.20. The Morgan fingerprint density at radius 2 is 2.16 bits per heavy atom. The van der Waals surface area contributed by atoms with Gasteiger partial charge in [-0.05, 0) is 28.1 Å². The Morgan fingerprint density at radius 1 is 1.42 bits per heavy atom. The Labute approximate surface area is 120 Å². The first-order valence-corrected chi connectivity index (χ1v) is 6.79. The van der Waals surface area contributed by atoms with E-state index in [2.05, 4.69) is 21.2 Å². The molecular weight excluding hydrogens is 312 g/mol. The van der Waals surface area contributed by atoms with Crippen molar-refractivity contribution >= 4 is 27.7 Å². The van der Waals surface area contributed by atoms with Crippen molar-refractivity contribution in [2.45, 2.75) is 6.04 Å². The van der Waals surface area contributed by atoms with Gasteiger partial charge in [-0.15, -0.1) is 0 Å². The zero-order chi connectivity index (χ0) is 13.8. The van der Waals surface area contributed by atoms with Gasteiger partial charge < -0.3 is 15.0 Å². The van der Waals surface area contributed by atoms with Crippen LogP contribution in [0, 0.1) is 0 Å². The number of amides is 2. The summed E-state index contributed by atoms with van der Waals surface area (Å²) in [5, 5.41) is 2.56. The highest BCUT2D eigenvalue weighted by Gasteiger charge is 2.33. The van der Waals surface area contributed by atoms with Crippen LogP contribution in [0.1, 0.15) is 10.4 Å². The summed E-state index contributed by atoms with van der Waals surface area (Å²) >= 11 is 3.36. The Hall–Kier alpha value is -1.40. The lowest BCUT2D eigenvalue weighted by molar-refractivity contribution is -0.130. The van der Waals surface area contributed by atoms with Gasteiger partial charge in [0.2, 0.25) is 5.91 Å². The van der Waals surface area contributed by atoms with Gasteiger partial charge in [0.1, 0.15) is 6.04 Å². The molecule has 102 valence electrons. The number of hydrogen-bond donors (Lipinski definition) is 1. The Morgan fingerprint density at radius 3 is 2.84 bits per heavy atom. The summed E-state index contributed by atoms with van der Waals surface area (Å²) in [7, 11) is 1.55. The van der Waals surface area contributed by atoms with E-state index < -0.39 is 6.04 Å². The van der Waals surface area contributed by atoms with Gasteiger partial charge in [0.05, 0.1) is 18.8 Å². The molecule has 0 radical (unpaired) electrons. The van der Waals surface area contributed by atoms with Crippen molar-refractivity contribution in [3.63, 3.8) is 0 Å². The lowest BCUT2D eigenvalue weighted by Crippen LogP contribution is -2.55. The number of benzene rings is 1. The predicted molar refractivity (Wildman–Crippen MR) is 73.9 cm³/mol. The van der Waals surface area contributed by atoms with Gasteiger partial charge >= 0.3 is 0 Å². The SMILES string of the molecule is CNC(=O)C1COCCN1C(=O)c1ccccc1Br. The van der Waals surface area contributed by atoms with Crippen molar-refractivity contribution in [1.29, 1.82) is 0 Å². The average Bonchev–Trinajstić information content (AvgIpc) is 2.46. The van der Waals surface area contributed by atoms with Gasteiger partial charge in [-0.3, -0.25) is 9.59 Å². The second kappa shape index (κ2) is 6.16. The molecule has 2 amide bonds. The number of nitrogens with one attached hydrogen (secondary N) is 1. The van der Waals surface area contributed by atoms with E-state index in [1.165, 1.54) is 0 Å². The van der Waals surface area contributed by atoms with Crippen molar-refractivity contribution in [1.82, 2.24) is 10.2 Å². The molecule has 1 saturated heterocycles. The molecule has 1 fully saturated rings. The van der Waals surface area contributed by atoms with Crippen molar-refractivity contribution in [2.75, 3.05) is 26.8 Å². The molecule has 1 N–H and O–H groups in total. The van der Waals surface area contributed by atoms with E-state index in [0.29, 0.717) is 18.7 Å². The maximum Gasteiger partial charge on any atom is 0.255 e. The normalized spacial score (nSPS) is 19.1. The fourth-order valence-corrected chi connectivity index (χ4v) is 2.47. The number of rotatable bonds is 2. The van der Waals surface area contributed by atoms with E-state index in [-0.39, 0.29) is 18.4 Å². The summed E-state index contributed by atoms with van der Waals surface area (Å²) in [6, 6.07) is 6.62. The fourth-order valence-electron chi connectivity index (χ4n) is 2.02. The minimum absolute atomic E-state index is 0.163. The topological polar surface area (TPSA) is 58.6 Å². The third-order valence-electron chi connectivity index (χ3n) is 3.04. The van der Waals surface area contributed by atoms with Gasteiger partial charge in [-0.25, -0.2) is 0 Å². The van der Waals surface area contributed by atoms with Crippen LogP contribution in [0.5, 0.6) is 0 Å². The maximum atomic E-state index is 12.5. The van der Waals surface area contributed by atoms with E-state index in [0.717, 1.165) is 4.47 Å². The molecule has 1 unspecified atom stereocenters. The van der Waals surface area contributed by atoms with Gasteiger partial charge in [-0.1, -0.05) is 12.1 Å². The van der Waals surface area contributed by atoms with Crippen LogP contribution in [-0.2, 0) is 9.53 Å². The first kappa shape index (κ1) is 14.0. The van der Waals surface area contributed by atoms with E-state index in [4.69, 9.17) is 4.74 Å². The second-order valence-corrected chi connectivity index (χ2v) is 5.04. The highest BCUT2D eigenvalue weighted by molar-refractivity contribution is 9.10. The lowest BCUT2D eigenvalue weighted by atomic mass is 10.1. The number of halogens is 1. The number of carbonyl (C=O) groups is 2. The third kappa shape index (κ3) is 2.96. The molecule has 0 spiro atoms. The van der Waals surface area contributed by atoms with Gasteiger partial charge in [0.25, 0.3) is 5.91 Å². The number of ether oxygens (including phenoxy) is 1. The Bertz CT molecular complexity index is 493. The first-order valence-electron chi connectivity index (χ1n) is 6.00. The molecule has 0 aliphatic carbocycles. The van der Waals surface area contributed by atoms with Gasteiger partial charge in [0, 0.05) is 18.1 Å². The minimum Gasteiger partial charge on any atom is -0.377 e. The summed E-state index contributed by atoms with van der Waals surface area (Å²) in [6.07, 6.45) is 0. The smallest absolute Gasteiger partial charge is 0.255 e. The quantitative estimate of drug-likeness (QED) is 0.883. The molecule has 1 aliphatic rings. The second-order valence-electron chi connectivity index (χ2n) is 4.18. The molecule has 1 aromatic carbocycles. The molecule has 5 nitrogen and oxygen atoms in total. The minimum atomic E-state index is -0.571. The van der Waals surface area contributed by atoms with E-state index >= 15 is 0 Å². The van der Waals surface area contributed by atoms with E-state index in [1.54, 1.807) is 24.1 Å². The molecule has 0 saturated carbocycles. The number of nitrogens with zero attached hydrogens (tertiary/aromatic N) is 1. The number of likely N-dealkylation sites (N-methyl/N-ethyl adjacent to an activating group) is 1. The average molecular weight is 327 g/mol. The zero-order valence-corrected chi connectivity index (χ0v) is 12.1. The van der Waals surface area contributed by atoms with Gasteiger partial charge in [-0.2, -0.15) is 0 Å². The summed E-state index contributed by atoms with van der Waals surface area (Å²) in [5.41, 5.74) is 0.554. The van der Waals surface area contributed by atoms with Crippen LogP contribution in [0.3, 0.4) is 0 Å². The van der Waals surface area contributed by atoms with Crippen molar-refractivity contribution in [3.05, 3.63) is 34.3 Å². The van der Waals surface area contributed by atoms with Crippen LogP contribution < -0.4 is 5.32 Å². The Kier molecular flexibility index (Phi) is 4.55. The van der Waals surface area contributed by atoms with Crippen molar-refractivity contribution < 1.29 is 14.3 Å². The molecule has 19 heavy (non-hydrogen) atoms. The number of morpholine rings is 1. The van der Waals surface area contributed by atoms with Crippen LogP contribution in [0.4, 0.5) is 0 Å². The molecule has 1 atom stereocenters. The number of hydrogen-bond acceptors (Lipinski definition) is 3. The molecular formula is C13H15BrN2O3. The lowest BCUT2D eigenvalue weighted by Gasteiger charge is -2.34. The molecule has 0 aromatic heterocycles. The van der Waals surface area contributed by atoms with Crippen LogP contribution in [0.2, 0.25) is 0 Å². The maximum absolute atomic E-state index is 12.5. The predicted octanol–water partition coefficient (Wildman–Crippen LogP) is 1.04. The standard InChI is InChI=1S/C13H15BrN2O3/c1-15-12(17)11-8-19-7-6-16(11)13(18)9-4-2-3-5-10(9)14/h2-5,11H,6-8H2,1H3,(H,15,17). The van der Waals surface area contributed by atoms with Crippen LogP contribution in [0.25, 0.3) is 0 Å².